The van der Waals surface area contributed by atoms with Crippen LogP contribution in [0.15, 0.2) is 121 Å². The Morgan fingerprint density at radius 2 is 0.583 bits per heavy atom. The van der Waals surface area contributed by atoms with Crippen LogP contribution in [0, 0.1) is 27.7 Å². The minimum atomic E-state index is -1.28. The lowest BCUT2D eigenvalue weighted by Crippen LogP contribution is -2.14. The molecule has 8 aromatic carbocycles. The summed E-state index contributed by atoms with van der Waals surface area (Å²) in [6.45, 7) is 4.50. The maximum Gasteiger partial charge on any atom is 0.341 e. The van der Waals surface area contributed by atoms with Gasteiger partial charge in [0.25, 0.3) is 0 Å². The van der Waals surface area contributed by atoms with Gasteiger partial charge in [-0.25, -0.2) is 9.59 Å². The number of phenols is 8. The zero-order valence-corrected chi connectivity index (χ0v) is 45.4. The Kier molecular flexibility index (Phi) is 16.9. The maximum absolute atomic E-state index is 12.3. The summed E-state index contributed by atoms with van der Waals surface area (Å²) in [5, 5.41) is 117. The lowest BCUT2D eigenvalue weighted by molar-refractivity contribution is -0.202. The molecule has 84 heavy (non-hydrogen) atoms. The first-order valence-corrected chi connectivity index (χ1v) is 26.0. The number of hydrogen-bond donors (Lipinski definition) is 10. The number of carboxylic acids is 2. The largest absolute Gasteiger partial charge is 0.507 e. The molecule has 20 nitrogen and oxygen atoms in total. The van der Waals surface area contributed by atoms with E-state index in [-0.39, 0.29) is 67.5 Å². The fourth-order valence-electron chi connectivity index (χ4n) is 10.9. The molecule has 9 rings (SSSR count). The zero-order chi connectivity index (χ0) is 60.3. The van der Waals surface area contributed by atoms with Crippen LogP contribution in [-0.4, -0.2) is 102 Å². The first-order valence-electron chi connectivity index (χ1n) is 26.0. The molecule has 20 heteroatoms. The van der Waals surface area contributed by atoms with Crippen molar-refractivity contribution >= 4 is 24.5 Å². The fraction of sp³-hybridized carbons (Fsp3) is 0.188. The standard InChI is InChI=1S/C64H56O20/c1-31-17-35(5-9-55(31)79-29-59(75)76)61-39-21-40(48(68)25-47(39)67)62(36-6-10-56(32(2)18-36)80-30-60(77)78)42-23-44(52(72)27-50(42)70)64(38-8-12-58(34(4)20-38)84-82-16-14-66)46-24-45(53(73)28-54(46)74)63(43-22-41(61)49(69)26-51(43)71)37-7-11-57(33(3)19-37)83-81-15-13-65/h5-14,17-28,61-64,67-74H,15-16,29-30H2,1-4H3,(H,75,76)(H,77,78). The van der Waals surface area contributed by atoms with E-state index in [0.717, 1.165) is 24.3 Å². The summed E-state index contributed by atoms with van der Waals surface area (Å²) in [5.74, 6) is -10.8. The Morgan fingerprint density at radius 3 is 0.786 bits per heavy atom. The van der Waals surface area contributed by atoms with Gasteiger partial charge < -0.3 is 79.9 Å². The van der Waals surface area contributed by atoms with Gasteiger partial charge in [0.1, 0.15) is 83.3 Å². The molecule has 0 saturated carbocycles. The number of aryl methyl sites for hydroxylation is 4. The van der Waals surface area contributed by atoms with Gasteiger partial charge in [0, 0.05) is 92.4 Å². The molecule has 0 spiro atoms. The van der Waals surface area contributed by atoms with Crippen LogP contribution in [0.2, 0.25) is 0 Å². The van der Waals surface area contributed by atoms with Crippen molar-refractivity contribution in [3.05, 3.63) is 210 Å². The lowest BCUT2D eigenvalue weighted by atomic mass is 9.74. The molecule has 0 aromatic heterocycles. The van der Waals surface area contributed by atoms with Crippen LogP contribution in [-0.2, 0) is 29.0 Å². The first kappa shape index (κ1) is 58.2. The predicted molar refractivity (Wildman–Crippen MR) is 299 cm³/mol. The molecular weight excluding hydrogens is 1090 g/mol. The summed E-state index contributed by atoms with van der Waals surface area (Å²) in [6, 6.07) is 29.1. The molecular formula is C64H56O20. The highest BCUT2D eigenvalue weighted by molar-refractivity contribution is 5.71. The molecule has 0 heterocycles. The topological polar surface area (TPSA) is 326 Å². The van der Waals surface area contributed by atoms with Crippen molar-refractivity contribution in [2.45, 2.75) is 51.4 Å². The number of aromatic hydroxyl groups is 8. The maximum atomic E-state index is 12.3. The Balaban J connectivity index is 1.44. The molecule has 0 aliphatic heterocycles. The number of fused-ring (bicyclic) bond motifs is 8. The van der Waals surface area contributed by atoms with Crippen molar-refractivity contribution in [3.63, 3.8) is 0 Å². The summed E-state index contributed by atoms with van der Waals surface area (Å²) in [4.78, 5) is 66.5. The van der Waals surface area contributed by atoms with E-state index in [1.807, 2.05) is 0 Å². The second-order valence-corrected chi connectivity index (χ2v) is 20.1. The number of rotatable bonds is 18. The van der Waals surface area contributed by atoms with Crippen LogP contribution in [0.1, 0.15) is 113 Å². The normalized spacial score (nSPS) is 15.4. The van der Waals surface area contributed by atoms with E-state index < -0.39 is 108 Å². The number of carbonyl (C=O) groups excluding carboxylic acids is 2. The van der Waals surface area contributed by atoms with Crippen LogP contribution < -0.4 is 19.2 Å². The van der Waals surface area contributed by atoms with Gasteiger partial charge >= 0.3 is 11.9 Å². The number of ether oxygens (including phenoxy) is 2. The van der Waals surface area contributed by atoms with Crippen molar-refractivity contribution < 1.29 is 99.3 Å². The SMILES string of the molecule is Cc1cc(C2c3cc(c(O)cc3O)C(c3ccc(OCC(=O)O)c(C)c3)c3cc(c(O)cc3O)C(c3ccc(OOCC=O)c(C)c3)c3cc(c(O)cc3O)C(c3ccc(OOCC=O)c(C)c3)c3cc2c(O)cc3O)ccc1OCC(=O)O. The number of carbonyl (C=O) groups is 4. The molecule has 10 N–H and O–H groups in total. The van der Waals surface area contributed by atoms with Crippen LogP contribution in [0.5, 0.6) is 69.0 Å². The van der Waals surface area contributed by atoms with Crippen molar-refractivity contribution in [1.29, 1.82) is 0 Å². The molecule has 8 bridgehead atoms. The van der Waals surface area contributed by atoms with E-state index in [1.54, 1.807) is 76.2 Å². The number of carboxylic acid groups (broad SMARTS) is 2. The summed E-state index contributed by atoms with van der Waals surface area (Å²) in [6.07, 6.45) is 0.990. The fourth-order valence-corrected chi connectivity index (χ4v) is 10.9. The van der Waals surface area contributed by atoms with Crippen LogP contribution >= 0.6 is 0 Å². The van der Waals surface area contributed by atoms with Crippen molar-refractivity contribution in [3.8, 4) is 69.0 Å². The average molecular weight is 1150 g/mol. The minimum Gasteiger partial charge on any atom is -0.507 e. The summed E-state index contributed by atoms with van der Waals surface area (Å²) < 4.78 is 11.2. The van der Waals surface area contributed by atoms with E-state index in [1.165, 1.54) is 48.5 Å². The molecule has 0 fully saturated rings. The predicted octanol–water partition coefficient (Wildman–Crippen LogP) is 9.54. The number of aldehydes is 2. The highest BCUT2D eigenvalue weighted by atomic mass is 17.2. The van der Waals surface area contributed by atoms with Gasteiger partial charge in [-0.2, -0.15) is 9.78 Å². The van der Waals surface area contributed by atoms with Crippen LogP contribution in [0.4, 0.5) is 0 Å². The monoisotopic (exact) mass is 1140 g/mol. The molecule has 432 valence electrons. The average Bonchev–Trinajstić information content (AvgIpc) is 0.869. The third kappa shape index (κ3) is 11.8. The van der Waals surface area contributed by atoms with Gasteiger partial charge in [-0.1, -0.05) is 48.5 Å². The van der Waals surface area contributed by atoms with Gasteiger partial charge in [-0.15, -0.1) is 0 Å². The second-order valence-electron chi connectivity index (χ2n) is 20.1. The van der Waals surface area contributed by atoms with Crippen molar-refractivity contribution in [2.75, 3.05) is 26.4 Å². The summed E-state index contributed by atoms with van der Waals surface area (Å²) >= 11 is 0. The number of phenolic OH excluding ortho intramolecular Hbond substituents is 8. The van der Waals surface area contributed by atoms with E-state index >= 15 is 0 Å². The van der Waals surface area contributed by atoms with Gasteiger partial charge in [-0.3, -0.25) is 0 Å². The Labute approximate surface area is 479 Å². The summed E-state index contributed by atoms with van der Waals surface area (Å²) in [5.41, 5.74) is 3.41. The number of aliphatic carboxylic acids is 2. The smallest absolute Gasteiger partial charge is 0.341 e. The quantitative estimate of drug-likeness (QED) is 0.0165. The lowest BCUT2D eigenvalue weighted by Gasteiger charge is -2.30. The van der Waals surface area contributed by atoms with Gasteiger partial charge in [0.2, 0.25) is 0 Å². The minimum absolute atomic E-state index is 0.0221. The first-order chi connectivity index (χ1) is 40.2. The van der Waals surface area contributed by atoms with Gasteiger partial charge in [0.05, 0.1) is 0 Å². The molecule has 8 aromatic rings. The van der Waals surface area contributed by atoms with E-state index in [0.29, 0.717) is 57.1 Å². The Bertz CT molecular complexity index is 3650. The van der Waals surface area contributed by atoms with Crippen LogP contribution in [0.3, 0.4) is 0 Å². The summed E-state index contributed by atoms with van der Waals surface area (Å²) in [7, 11) is 0. The van der Waals surface area contributed by atoms with Gasteiger partial charge in [0.15, 0.2) is 24.7 Å². The van der Waals surface area contributed by atoms with Crippen molar-refractivity contribution in [2.24, 2.45) is 0 Å². The Morgan fingerprint density at radius 1 is 0.357 bits per heavy atom. The molecule has 0 radical (unpaired) electrons. The number of hydrogen-bond acceptors (Lipinski definition) is 18. The highest BCUT2D eigenvalue weighted by Gasteiger charge is 2.36. The third-order valence-corrected chi connectivity index (χ3v) is 14.6. The highest BCUT2D eigenvalue weighted by Crippen LogP contribution is 2.54. The molecule has 0 amide bonds. The molecule has 4 atom stereocenters. The molecule has 1 aliphatic rings. The zero-order valence-electron chi connectivity index (χ0n) is 45.4. The van der Waals surface area contributed by atoms with E-state index in [9.17, 15) is 70.2 Å². The van der Waals surface area contributed by atoms with Crippen LogP contribution in [0.25, 0.3) is 0 Å². The van der Waals surface area contributed by atoms with Crippen molar-refractivity contribution in [1.82, 2.24) is 0 Å². The molecule has 1 aliphatic carbocycles. The Hall–Kier alpha value is -10.4. The molecule has 4 unspecified atom stereocenters. The van der Waals surface area contributed by atoms with Gasteiger partial charge in [-0.05, 0) is 121 Å². The second kappa shape index (κ2) is 24.3. The third-order valence-electron chi connectivity index (χ3n) is 14.6. The van der Waals surface area contributed by atoms with E-state index in [4.69, 9.17) is 29.0 Å². The number of benzene rings is 8. The molecule has 0 saturated heterocycles. The van der Waals surface area contributed by atoms with E-state index in [2.05, 4.69) is 0 Å².